The van der Waals surface area contributed by atoms with E-state index in [0.29, 0.717) is 12.2 Å². The van der Waals surface area contributed by atoms with Gasteiger partial charge in [0.05, 0.1) is 13.0 Å². The van der Waals surface area contributed by atoms with Gasteiger partial charge >= 0.3 is 5.97 Å². The molecule has 0 radical (unpaired) electrons. The first-order valence-corrected chi connectivity index (χ1v) is 9.41. The molecule has 3 aromatic rings. The number of methoxy groups -OCH3 is 1. The number of esters is 1. The van der Waals surface area contributed by atoms with E-state index >= 15 is 0 Å². The predicted molar refractivity (Wildman–Crippen MR) is 110 cm³/mol. The molecule has 2 atom stereocenters. The van der Waals surface area contributed by atoms with E-state index in [-0.39, 0.29) is 17.8 Å². The van der Waals surface area contributed by atoms with Crippen molar-refractivity contribution in [2.24, 2.45) is 5.92 Å². The lowest BCUT2D eigenvalue weighted by Gasteiger charge is -2.29. The molecule has 0 bridgehead atoms. The van der Waals surface area contributed by atoms with Crippen molar-refractivity contribution in [3.05, 3.63) is 108 Å². The third kappa shape index (κ3) is 3.84. The molecule has 3 aromatic carbocycles. The van der Waals surface area contributed by atoms with Gasteiger partial charge in [0.2, 0.25) is 0 Å². The monoisotopic (exact) mass is 370 g/mol. The smallest absolute Gasteiger partial charge is 0.315 e. The summed E-state index contributed by atoms with van der Waals surface area (Å²) in [7, 11) is 1.65. The molecule has 140 valence electrons. The van der Waals surface area contributed by atoms with E-state index in [1.807, 2.05) is 72.8 Å². The Hall–Kier alpha value is -3.33. The van der Waals surface area contributed by atoms with E-state index in [1.54, 1.807) is 7.11 Å². The highest BCUT2D eigenvalue weighted by Gasteiger charge is 2.35. The van der Waals surface area contributed by atoms with Gasteiger partial charge in [-0.05, 0) is 35.8 Å². The number of benzene rings is 3. The molecule has 1 aliphatic heterocycles. The van der Waals surface area contributed by atoms with Crippen LogP contribution in [0.25, 0.3) is 5.76 Å². The lowest BCUT2D eigenvalue weighted by atomic mass is 9.80. The van der Waals surface area contributed by atoms with Crippen LogP contribution in [0.4, 0.5) is 0 Å². The molecule has 0 amide bonds. The van der Waals surface area contributed by atoms with Crippen LogP contribution in [0.15, 0.2) is 91.0 Å². The summed E-state index contributed by atoms with van der Waals surface area (Å²) >= 11 is 0. The highest BCUT2D eigenvalue weighted by atomic mass is 16.5. The Bertz CT molecular complexity index is 960. The lowest BCUT2D eigenvalue weighted by Crippen LogP contribution is -2.29. The highest BCUT2D eigenvalue weighted by molar-refractivity contribution is 5.84. The fraction of sp³-hybridized carbons (Fsp3) is 0.160. The van der Waals surface area contributed by atoms with Crippen molar-refractivity contribution in [2.75, 3.05) is 7.11 Å². The minimum atomic E-state index is -0.275. The molecule has 0 saturated heterocycles. The quantitative estimate of drug-likeness (QED) is 0.577. The number of hydrogen-bond acceptors (Lipinski definition) is 3. The van der Waals surface area contributed by atoms with E-state index in [0.717, 1.165) is 22.4 Å². The van der Waals surface area contributed by atoms with Crippen molar-refractivity contribution in [3.8, 4) is 5.75 Å². The van der Waals surface area contributed by atoms with E-state index in [4.69, 9.17) is 9.47 Å². The van der Waals surface area contributed by atoms with E-state index in [1.165, 1.54) is 0 Å². The van der Waals surface area contributed by atoms with Crippen molar-refractivity contribution in [2.45, 2.75) is 12.3 Å². The maximum Gasteiger partial charge on any atom is 0.315 e. The molecule has 0 N–H and O–H groups in total. The molecule has 0 spiro atoms. The van der Waals surface area contributed by atoms with Crippen LogP contribution in [0, 0.1) is 5.92 Å². The number of ether oxygens (including phenoxy) is 2. The van der Waals surface area contributed by atoms with Gasteiger partial charge in [-0.3, -0.25) is 4.79 Å². The number of hydrogen-bond donors (Lipinski definition) is 0. The third-order valence-electron chi connectivity index (χ3n) is 5.14. The molecular weight excluding hydrogens is 348 g/mol. The van der Waals surface area contributed by atoms with Crippen LogP contribution in [0.2, 0.25) is 0 Å². The Balaban J connectivity index is 1.69. The maximum atomic E-state index is 13.0. The van der Waals surface area contributed by atoms with Crippen LogP contribution in [0.5, 0.6) is 5.75 Å². The van der Waals surface area contributed by atoms with E-state index in [2.05, 4.69) is 18.2 Å². The van der Waals surface area contributed by atoms with Gasteiger partial charge in [0, 0.05) is 11.5 Å². The summed E-state index contributed by atoms with van der Waals surface area (Å²) in [5, 5.41) is 0. The molecule has 0 fully saturated rings. The second kappa shape index (κ2) is 8.13. The first-order chi connectivity index (χ1) is 13.7. The van der Waals surface area contributed by atoms with E-state index < -0.39 is 0 Å². The van der Waals surface area contributed by atoms with Crippen LogP contribution in [-0.2, 0) is 16.0 Å². The summed E-state index contributed by atoms with van der Waals surface area (Å²) in [6, 6.07) is 27.8. The number of carbonyl (C=O) groups is 1. The molecule has 0 aliphatic carbocycles. The average molecular weight is 370 g/mol. The fourth-order valence-electron chi connectivity index (χ4n) is 3.63. The minimum absolute atomic E-state index is 0.0419. The van der Waals surface area contributed by atoms with Crippen LogP contribution >= 0.6 is 0 Å². The zero-order valence-corrected chi connectivity index (χ0v) is 15.7. The van der Waals surface area contributed by atoms with Gasteiger partial charge < -0.3 is 9.47 Å². The van der Waals surface area contributed by atoms with Crippen LogP contribution in [0.1, 0.15) is 22.6 Å². The Morgan fingerprint density at radius 1 is 0.857 bits per heavy atom. The Kier molecular flexibility index (Phi) is 5.24. The zero-order chi connectivity index (χ0) is 19.3. The Labute approximate surface area is 165 Å². The van der Waals surface area contributed by atoms with Crippen LogP contribution in [-0.4, -0.2) is 13.1 Å². The number of carbonyl (C=O) groups excluding carboxylic acids is 1. The minimum Gasteiger partial charge on any atom is -0.497 e. The molecule has 28 heavy (non-hydrogen) atoms. The first kappa shape index (κ1) is 18.1. The van der Waals surface area contributed by atoms with Crippen molar-refractivity contribution >= 4 is 11.7 Å². The Morgan fingerprint density at radius 3 is 2.14 bits per heavy atom. The number of cyclic esters (lactones) is 1. The van der Waals surface area contributed by atoms with Crippen molar-refractivity contribution in [1.29, 1.82) is 0 Å². The summed E-state index contributed by atoms with van der Waals surface area (Å²) < 4.78 is 11.0. The highest BCUT2D eigenvalue weighted by Crippen LogP contribution is 2.38. The molecule has 1 heterocycles. The predicted octanol–water partition coefficient (Wildman–Crippen LogP) is 5.24. The standard InChI is InChI=1S/C25H22O3/c1-27-21-14-12-18(13-15-21)16-23-22(19-8-4-2-5-9-19)17-24(28-25(23)26)20-10-6-3-7-11-20/h2-15,17,22-23H,16H2,1H3. The molecule has 1 aliphatic rings. The zero-order valence-electron chi connectivity index (χ0n) is 15.7. The molecule has 4 rings (SSSR count). The summed E-state index contributed by atoms with van der Waals surface area (Å²) in [4.78, 5) is 13.0. The molecule has 0 saturated carbocycles. The Morgan fingerprint density at radius 2 is 1.50 bits per heavy atom. The van der Waals surface area contributed by atoms with Crippen molar-refractivity contribution in [1.82, 2.24) is 0 Å². The van der Waals surface area contributed by atoms with Gasteiger partial charge in [0.15, 0.2) is 0 Å². The van der Waals surface area contributed by atoms with Gasteiger partial charge in [-0.25, -0.2) is 0 Å². The average Bonchev–Trinajstić information content (AvgIpc) is 2.76. The summed E-state index contributed by atoms with van der Waals surface area (Å²) in [5.74, 6) is 0.931. The second-order valence-electron chi connectivity index (χ2n) is 6.91. The number of allylic oxidation sites excluding steroid dienone is 1. The summed E-state index contributed by atoms with van der Waals surface area (Å²) in [6.07, 6.45) is 2.70. The van der Waals surface area contributed by atoms with Gasteiger partial charge in [-0.2, -0.15) is 0 Å². The molecular formula is C25H22O3. The van der Waals surface area contributed by atoms with Crippen LogP contribution < -0.4 is 4.74 Å². The van der Waals surface area contributed by atoms with E-state index in [9.17, 15) is 4.79 Å². The maximum absolute atomic E-state index is 13.0. The topological polar surface area (TPSA) is 35.5 Å². The van der Waals surface area contributed by atoms with Gasteiger partial charge in [-0.1, -0.05) is 72.8 Å². The molecule has 0 aromatic heterocycles. The fourth-order valence-corrected chi connectivity index (χ4v) is 3.63. The SMILES string of the molecule is COc1ccc(CC2C(=O)OC(c3ccccc3)=CC2c2ccccc2)cc1. The van der Waals surface area contributed by atoms with Gasteiger partial charge in [-0.15, -0.1) is 0 Å². The molecule has 3 nitrogen and oxygen atoms in total. The summed E-state index contributed by atoms with van der Waals surface area (Å²) in [6.45, 7) is 0. The van der Waals surface area contributed by atoms with Crippen LogP contribution in [0.3, 0.4) is 0 Å². The van der Waals surface area contributed by atoms with Gasteiger partial charge in [0.25, 0.3) is 0 Å². The normalized spacial score (nSPS) is 18.9. The first-order valence-electron chi connectivity index (χ1n) is 9.41. The molecule has 2 unspecified atom stereocenters. The third-order valence-corrected chi connectivity index (χ3v) is 5.14. The van der Waals surface area contributed by atoms with Gasteiger partial charge in [0.1, 0.15) is 11.5 Å². The number of rotatable bonds is 5. The van der Waals surface area contributed by atoms with Crippen molar-refractivity contribution in [3.63, 3.8) is 0 Å². The summed E-state index contributed by atoms with van der Waals surface area (Å²) in [5.41, 5.74) is 3.12. The second-order valence-corrected chi connectivity index (χ2v) is 6.91. The van der Waals surface area contributed by atoms with Crippen molar-refractivity contribution < 1.29 is 14.3 Å². The largest absolute Gasteiger partial charge is 0.497 e. The lowest BCUT2D eigenvalue weighted by molar-refractivity contribution is -0.142. The molecule has 3 heteroatoms.